The topological polar surface area (TPSA) is 116 Å². The molecule has 29 heavy (non-hydrogen) atoms. The number of nitriles is 1. The first-order valence-electron chi connectivity index (χ1n) is 8.93. The van der Waals surface area contributed by atoms with E-state index >= 15 is 0 Å². The van der Waals surface area contributed by atoms with Crippen molar-refractivity contribution in [2.45, 2.75) is 30.7 Å². The lowest BCUT2D eigenvalue weighted by molar-refractivity contribution is -0.385. The SMILES string of the molecule is Cc1c(Cl)cc(S(=O)(=O)NC2CCN(c3ccc(C#N)cc3)CC2)cc1[N+](=O)[O-]. The van der Waals surface area contributed by atoms with Crippen LogP contribution in [0.1, 0.15) is 24.0 Å². The number of nitrogens with zero attached hydrogens (tertiary/aromatic N) is 3. The monoisotopic (exact) mass is 434 g/mol. The molecular formula is C19H19ClN4O4S. The number of benzene rings is 2. The van der Waals surface area contributed by atoms with Crippen LogP contribution in [0.3, 0.4) is 0 Å². The standard InChI is InChI=1S/C19H19ClN4O4S/c1-13-18(20)10-17(11-19(13)24(25)26)29(27,28)22-15-6-8-23(9-7-15)16-4-2-14(12-21)3-5-16/h2-5,10-11,15,22H,6-9H2,1H3. The van der Waals surface area contributed by atoms with E-state index < -0.39 is 14.9 Å². The predicted molar refractivity (Wildman–Crippen MR) is 110 cm³/mol. The summed E-state index contributed by atoms with van der Waals surface area (Å²) in [6.45, 7) is 2.77. The van der Waals surface area contributed by atoms with Crippen molar-refractivity contribution in [2.75, 3.05) is 18.0 Å². The maximum absolute atomic E-state index is 12.7. The minimum Gasteiger partial charge on any atom is -0.371 e. The summed E-state index contributed by atoms with van der Waals surface area (Å²) in [7, 11) is -3.94. The van der Waals surface area contributed by atoms with Gasteiger partial charge in [0.05, 0.1) is 26.5 Å². The first-order chi connectivity index (χ1) is 13.7. The fourth-order valence-corrected chi connectivity index (χ4v) is 4.90. The molecule has 0 unspecified atom stereocenters. The molecule has 1 saturated heterocycles. The highest BCUT2D eigenvalue weighted by atomic mass is 35.5. The van der Waals surface area contributed by atoms with Gasteiger partial charge in [0.1, 0.15) is 0 Å². The van der Waals surface area contributed by atoms with Crippen LogP contribution in [0.15, 0.2) is 41.3 Å². The molecule has 10 heteroatoms. The van der Waals surface area contributed by atoms with Gasteiger partial charge in [0.15, 0.2) is 0 Å². The van der Waals surface area contributed by atoms with Gasteiger partial charge >= 0.3 is 0 Å². The van der Waals surface area contributed by atoms with E-state index in [0.29, 0.717) is 31.5 Å². The van der Waals surface area contributed by atoms with Gasteiger partial charge in [-0.3, -0.25) is 10.1 Å². The lowest BCUT2D eigenvalue weighted by atomic mass is 10.1. The summed E-state index contributed by atoms with van der Waals surface area (Å²) < 4.78 is 28.1. The number of nitrogens with one attached hydrogen (secondary N) is 1. The van der Waals surface area contributed by atoms with E-state index in [-0.39, 0.29) is 27.2 Å². The third-order valence-corrected chi connectivity index (χ3v) is 6.87. The molecule has 2 aromatic rings. The number of anilines is 1. The quantitative estimate of drug-likeness (QED) is 0.569. The van der Waals surface area contributed by atoms with Crippen LogP contribution in [0.4, 0.5) is 11.4 Å². The van der Waals surface area contributed by atoms with Crippen LogP contribution >= 0.6 is 11.6 Å². The number of rotatable bonds is 5. The molecule has 1 heterocycles. The molecule has 0 spiro atoms. The highest BCUT2D eigenvalue weighted by Crippen LogP contribution is 2.30. The Hall–Kier alpha value is -2.67. The summed E-state index contributed by atoms with van der Waals surface area (Å²) in [6, 6.07) is 11.3. The number of hydrogen-bond acceptors (Lipinski definition) is 6. The van der Waals surface area contributed by atoms with Gasteiger partial charge in [-0.25, -0.2) is 13.1 Å². The smallest absolute Gasteiger partial charge is 0.275 e. The van der Waals surface area contributed by atoms with Gasteiger partial charge in [-0.2, -0.15) is 5.26 Å². The predicted octanol–water partition coefficient (Wildman–Crippen LogP) is 3.38. The Labute approximate surface area is 173 Å². The van der Waals surface area contributed by atoms with Crippen molar-refractivity contribution >= 4 is 33.0 Å². The zero-order valence-electron chi connectivity index (χ0n) is 15.6. The molecule has 1 N–H and O–H groups in total. The summed E-state index contributed by atoms with van der Waals surface area (Å²) in [6.07, 6.45) is 1.17. The summed E-state index contributed by atoms with van der Waals surface area (Å²) in [5.74, 6) is 0. The van der Waals surface area contributed by atoms with E-state index in [4.69, 9.17) is 16.9 Å². The van der Waals surface area contributed by atoms with Gasteiger partial charge in [0.2, 0.25) is 10.0 Å². The van der Waals surface area contributed by atoms with Crippen molar-refractivity contribution in [1.29, 1.82) is 5.26 Å². The molecule has 0 saturated carbocycles. The molecule has 1 fully saturated rings. The van der Waals surface area contributed by atoms with Crippen molar-refractivity contribution in [1.82, 2.24) is 4.72 Å². The lowest BCUT2D eigenvalue weighted by Crippen LogP contribution is -2.44. The molecule has 3 rings (SSSR count). The fraction of sp³-hybridized carbons (Fsp3) is 0.316. The van der Waals surface area contributed by atoms with E-state index in [0.717, 1.165) is 11.8 Å². The number of hydrogen-bond donors (Lipinski definition) is 1. The van der Waals surface area contributed by atoms with Crippen molar-refractivity contribution < 1.29 is 13.3 Å². The third-order valence-electron chi connectivity index (χ3n) is 4.98. The molecule has 152 valence electrons. The van der Waals surface area contributed by atoms with Gasteiger partial charge < -0.3 is 4.90 Å². The summed E-state index contributed by atoms with van der Waals surface area (Å²) in [5.41, 5.74) is 1.47. The second-order valence-corrected chi connectivity index (χ2v) is 8.97. The lowest BCUT2D eigenvalue weighted by Gasteiger charge is -2.33. The maximum atomic E-state index is 12.7. The molecule has 0 amide bonds. The Balaban J connectivity index is 1.69. The molecule has 2 aromatic carbocycles. The van der Waals surface area contributed by atoms with Gasteiger partial charge in [0, 0.05) is 36.4 Å². The van der Waals surface area contributed by atoms with E-state index in [1.165, 1.54) is 13.0 Å². The third kappa shape index (κ3) is 4.67. The second-order valence-electron chi connectivity index (χ2n) is 6.85. The van der Waals surface area contributed by atoms with Crippen molar-refractivity contribution in [3.63, 3.8) is 0 Å². The summed E-state index contributed by atoms with van der Waals surface area (Å²) in [4.78, 5) is 12.4. The Kier molecular flexibility index (Phi) is 6.07. The highest BCUT2D eigenvalue weighted by molar-refractivity contribution is 7.89. The van der Waals surface area contributed by atoms with Gasteiger partial charge in [0.25, 0.3) is 5.69 Å². The molecule has 0 aliphatic carbocycles. The van der Waals surface area contributed by atoms with Crippen molar-refractivity contribution in [2.24, 2.45) is 0 Å². The molecule has 0 aromatic heterocycles. The van der Waals surface area contributed by atoms with Crippen molar-refractivity contribution in [3.05, 3.63) is 62.7 Å². The molecule has 8 nitrogen and oxygen atoms in total. The Morgan fingerprint density at radius 2 is 1.86 bits per heavy atom. The second kappa shape index (κ2) is 8.37. The molecule has 0 radical (unpaired) electrons. The van der Waals surface area contributed by atoms with E-state index in [1.54, 1.807) is 12.1 Å². The van der Waals surface area contributed by atoms with Gasteiger partial charge in [-0.1, -0.05) is 11.6 Å². The normalized spacial score (nSPS) is 15.1. The minimum absolute atomic E-state index is 0.0372. The Morgan fingerprint density at radius 1 is 1.24 bits per heavy atom. The molecule has 1 aliphatic heterocycles. The number of nitro benzene ring substituents is 1. The fourth-order valence-electron chi connectivity index (χ4n) is 3.27. The summed E-state index contributed by atoms with van der Waals surface area (Å²) in [5, 5.41) is 20.1. The zero-order valence-corrected chi connectivity index (χ0v) is 17.2. The van der Waals surface area contributed by atoms with Crippen molar-refractivity contribution in [3.8, 4) is 6.07 Å². The zero-order chi connectivity index (χ0) is 21.2. The largest absolute Gasteiger partial charge is 0.371 e. The number of sulfonamides is 1. The first-order valence-corrected chi connectivity index (χ1v) is 10.8. The number of nitro groups is 1. The van der Waals surface area contributed by atoms with Crippen LogP contribution < -0.4 is 9.62 Å². The van der Waals surface area contributed by atoms with Crippen LogP contribution in [0.2, 0.25) is 5.02 Å². The molecule has 1 aliphatic rings. The van der Waals surface area contributed by atoms with Gasteiger partial charge in [-0.05, 0) is 50.1 Å². The van der Waals surface area contributed by atoms with Gasteiger partial charge in [-0.15, -0.1) is 0 Å². The average molecular weight is 435 g/mol. The highest BCUT2D eigenvalue weighted by Gasteiger charge is 2.27. The minimum atomic E-state index is -3.94. The first kappa shape index (κ1) is 21.0. The van der Waals surface area contributed by atoms with E-state index in [9.17, 15) is 18.5 Å². The van der Waals surface area contributed by atoms with Crippen LogP contribution in [-0.4, -0.2) is 32.5 Å². The Morgan fingerprint density at radius 3 is 2.41 bits per heavy atom. The summed E-state index contributed by atoms with van der Waals surface area (Å²) >= 11 is 6.00. The maximum Gasteiger partial charge on any atom is 0.275 e. The molecule has 0 bridgehead atoms. The van der Waals surface area contributed by atoms with Crippen LogP contribution in [0.25, 0.3) is 0 Å². The van der Waals surface area contributed by atoms with Crippen LogP contribution in [0.5, 0.6) is 0 Å². The molecule has 0 atom stereocenters. The molecular weight excluding hydrogens is 416 g/mol. The van der Waals surface area contributed by atoms with Crippen LogP contribution in [0, 0.1) is 28.4 Å². The van der Waals surface area contributed by atoms with E-state index in [1.807, 2.05) is 12.1 Å². The number of halogens is 1. The Bertz CT molecular complexity index is 1070. The van der Waals surface area contributed by atoms with Crippen LogP contribution in [-0.2, 0) is 10.0 Å². The number of piperidine rings is 1. The van der Waals surface area contributed by atoms with E-state index in [2.05, 4.69) is 15.7 Å². The average Bonchev–Trinajstić information content (AvgIpc) is 2.70.